The quantitative estimate of drug-likeness (QED) is 0.447. The number of nitrogens with zero attached hydrogens (tertiary/aromatic N) is 1. The highest BCUT2D eigenvalue weighted by molar-refractivity contribution is 5.51. The zero-order chi connectivity index (χ0) is 7.23. The van der Waals surface area contributed by atoms with Crippen molar-refractivity contribution in [1.82, 2.24) is 0 Å². The number of hydrogen-bond acceptors (Lipinski definition) is 2. The summed E-state index contributed by atoms with van der Waals surface area (Å²) in [5.41, 5.74) is 0. The van der Waals surface area contributed by atoms with E-state index in [0.29, 0.717) is 0 Å². The summed E-state index contributed by atoms with van der Waals surface area (Å²) >= 11 is 0. The van der Waals surface area contributed by atoms with E-state index in [1.165, 1.54) is 6.40 Å². The summed E-state index contributed by atoms with van der Waals surface area (Å²) in [6, 6.07) is 9.52. The number of aliphatic imine (C=N–C) groups is 1. The third-order valence-electron chi connectivity index (χ3n) is 1.04. The van der Waals surface area contributed by atoms with Crippen LogP contribution in [0.3, 0.4) is 0 Å². The van der Waals surface area contributed by atoms with Crippen LogP contribution in [0.5, 0.6) is 5.75 Å². The molecule has 2 nitrogen and oxygen atoms in total. The first-order chi connectivity index (χ1) is 4.93. The van der Waals surface area contributed by atoms with Gasteiger partial charge in [-0.2, -0.15) is 0 Å². The van der Waals surface area contributed by atoms with Crippen molar-refractivity contribution in [3.05, 3.63) is 30.3 Å². The van der Waals surface area contributed by atoms with Crippen LogP contribution in [0.25, 0.3) is 0 Å². The van der Waals surface area contributed by atoms with Crippen molar-refractivity contribution >= 4 is 6.40 Å². The zero-order valence-electron chi connectivity index (χ0n) is 5.82. The number of rotatable bonds is 2. The van der Waals surface area contributed by atoms with E-state index in [4.69, 9.17) is 4.74 Å². The second-order valence-electron chi connectivity index (χ2n) is 1.79. The fourth-order valence-electron chi connectivity index (χ4n) is 0.613. The van der Waals surface area contributed by atoms with Gasteiger partial charge in [0.25, 0.3) is 0 Å². The van der Waals surface area contributed by atoms with Crippen LogP contribution < -0.4 is 4.74 Å². The molecule has 0 aliphatic rings. The summed E-state index contributed by atoms with van der Waals surface area (Å²) in [4.78, 5) is 3.68. The Hall–Kier alpha value is -1.31. The molecular formula is C8H9NO. The molecule has 1 aromatic rings. The highest BCUT2D eigenvalue weighted by Gasteiger charge is 1.83. The van der Waals surface area contributed by atoms with E-state index < -0.39 is 0 Å². The number of hydrogen-bond donors (Lipinski definition) is 0. The lowest BCUT2D eigenvalue weighted by Gasteiger charge is -1.95. The van der Waals surface area contributed by atoms with Crippen LogP contribution in [0.15, 0.2) is 35.3 Å². The zero-order valence-corrected chi connectivity index (χ0v) is 5.82. The van der Waals surface area contributed by atoms with E-state index in [0.717, 1.165) is 5.75 Å². The first-order valence-corrected chi connectivity index (χ1v) is 3.06. The predicted octanol–water partition coefficient (Wildman–Crippen LogP) is 1.72. The minimum Gasteiger partial charge on any atom is -0.446 e. The van der Waals surface area contributed by atoms with Crippen molar-refractivity contribution in [3.8, 4) is 5.75 Å². The molecule has 0 aromatic heterocycles. The molecule has 0 aliphatic heterocycles. The van der Waals surface area contributed by atoms with E-state index >= 15 is 0 Å². The molecule has 0 radical (unpaired) electrons. The Morgan fingerprint density at radius 2 is 2.00 bits per heavy atom. The Bertz CT molecular complexity index is 206. The van der Waals surface area contributed by atoms with Gasteiger partial charge in [-0.25, -0.2) is 0 Å². The molecule has 0 N–H and O–H groups in total. The lowest BCUT2D eigenvalue weighted by molar-refractivity contribution is 0.573. The van der Waals surface area contributed by atoms with Gasteiger partial charge in [-0.3, -0.25) is 4.99 Å². The molecule has 52 valence electrons. The average molecular weight is 135 g/mol. The number of para-hydroxylation sites is 1. The van der Waals surface area contributed by atoms with E-state index in [9.17, 15) is 0 Å². The molecule has 0 amide bonds. The van der Waals surface area contributed by atoms with Crippen LogP contribution in [-0.2, 0) is 0 Å². The molecule has 0 spiro atoms. The highest BCUT2D eigenvalue weighted by Crippen LogP contribution is 2.06. The topological polar surface area (TPSA) is 21.6 Å². The van der Waals surface area contributed by atoms with Crippen molar-refractivity contribution in [2.75, 3.05) is 7.05 Å². The van der Waals surface area contributed by atoms with Crippen molar-refractivity contribution < 1.29 is 4.74 Å². The van der Waals surface area contributed by atoms with Crippen molar-refractivity contribution in [2.24, 2.45) is 4.99 Å². The van der Waals surface area contributed by atoms with Gasteiger partial charge in [-0.15, -0.1) is 0 Å². The summed E-state index contributed by atoms with van der Waals surface area (Å²) in [5, 5.41) is 0. The van der Waals surface area contributed by atoms with Gasteiger partial charge >= 0.3 is 0 Å². The van der Waals surface area contributed by atoms with E-state index in [2.05, 4.69) is 4.99 Å². The molecule has 0 atom stereocenters. The van der Waals surface area contributed by atoms with Crippen LogP contribution in [0.4, 0.5) is 0 Å². The van der Waals surface area contributed by atoms with Gasteiger partial charge in [0.2, 0.25) is 0 Å². The fourth-order valence-corrected chi connectivity index (χ4v) is 0.613. The SMILES string of the molecule is C/N=C/Oc1ccccc1. The van der Waals surface area contributed by atoms with Crippen LogP contribution in [0.1, 0.15) is 0 Å². The summed E-state index contributed by atoms with van der Waals surface area (Å²) in [6.07, 6.45) is 1.41. The standard InChI is InChI=1S/C8H9NO/c1-9-7-10-8-5-3-2-4-6-8/h2-7H,1H3/b9-7+. The largest absolute Gasteiger partial charge is 0.446 e. The van der Waals surface area contributed by atoms with Crippen LogP contribution in [0, 0.1) is 0 Å². The van der Waals surface area contributed by atoms with Crippen LogP contribution in [-0.4, -0.2) is 13.4 Å². The molecule has 0 saturated carbocycles. The van der Waals surface area contributed by atoms with Gasteiger partial charge in [0.05, 0.1) is 0 Å². The molecule has 1 rings (SSSR count). The smallest absolute Gasteiger partial charge is 0.176 e. The first-order valence-electron chi connectivity index (χ1n) is 3.06. The monoisotopic (exact) mass is 135 g/mol. The minimum atomic E-state index is 0.813. The van der Waals surface area contributed by atoms with Gasteiger partial charge in [-0.1, -0.05) is 18.2 Å². The maximum absolute atomic E-state index is 5.06. The molecular weight excluding hydrogens is 126 g/mol. The molecule has 1 aromatic carbocycles. The van der Waals surface area contributed by atoms with Gasteiger partial charge in [-0.05, 0) is 12.1 Å². The Labute approximate surface area is 60.2 Å². The average Bonchev–Trinajstić information content (AvgIpc) is 2.03. The lowest BCUT2D eigenvalue weighted by Crippen LogP contribution is -1.87. The second-order valence-corrected chi connectivity index (χ2v) is 1.79. The van der Waals surface area contributed by atoms with Crippen molar-refractivity contribution in [2.45, 2.75) is 0 Å². The first kappa shape index (κ1) is 6.81. The molecule has 0 heterocycles. The summed E-state index contributed by atoms with van der Waals surface area (Å²) < 4.78 is 5.06. The maximum Gasteiger partial charge on any atom is 0.176 e. The minimum absolute atomic E-state index is 0.813. The molecule has 0 fully saturated rings. The van der Waals surface area contributed by atoms with Crippen LogP contribution in [0.2, 0.25) is 0 Å². The predicted molar refractivity (Wildman–Crippen MR) is 41.5 cm³/mol. The molecule has 0 unspecified atom stereocenters. The fraction of sp³-hybridized carbons (Fsp3) is 0.125. The molecule has 10 heavy (non-hydrogen) atoms. The van der Waals surface area contributed by atoms with E-state index in [1.54, 1.807) is 7.05 Å². The van der Waals surface area contributed by atoms with Gasteiger partial charge in [0.15, 0.2) is 6.40 Å². The summed E-state index contributed by atoms with van der Waals surface area (Å²) in [7, 11) is 1.67. The molecule has 2 heteroatoms. The highest BCUT2D eigenvalue weighted by atomic mass is 16.5. The van der Waals surface area contributed by atoms with Gasteiger partial charge in [0.1, 0.15) is 5.75 Å². The summed E-state index contributed by atoms with van der Waals surface area (Å²) in [6.45, 7) is 0. The summed E-state index contributed by atoms with van der Waals surface area (Å²) in [5.74, 6) is 0.813. The Morgan fingerprint density at radius 3 is 2.60 bits per heavy atom. The van der Waals surface area contributed by atoms with Crippen molar-refractivity contribution in [3.63, 3.8) is 0 Å². The third kappa shape index (κ3) is 1.90. The number of ether oxygens (including phenoxy) is 1. The Balaban J connectivity index is 2.59. The normalized spacial score (nSPS) is 10.1. The second kappa shape index (κ2) is 3.67. The molecule has 0 bridgehead atoms. The molecule has 0 saturated heterocycles. The Morgan fingerprint density at radius 1 is 1.30 bits per heavy atom. The van der Waals surface area contributed by atoms with E-state index in [-0.39, 0.29) is 0 Å². The van der Waals surface area contributed by atoms with Gasteiger partial charge in [0, 0.05) is 7.05 Å². The Kier molecular flexibility index (Phi) is 2.49. The lowest BCUT2D eigenvalue weighted by atomic mass is 10.3. The maximum atomic E-state index is 5.06. The number of benzene rings is 1. The van der Waals surface area contributed by atoms with Gasteiger partial charge < -0.3 is 4.74 Å². The van der Waals surface area contributed by atoms with Crippen molar-refractivity contribution in [1.29, 1.82) is 0 Å². The van der Waals surface area contributed by atoms with Crippen LogP contribution >= 0.6 is 0 Å². The molecule has 0 aliphatic carbocycles. The third-order valence-corrected chi connectivity index (χ3v) is 1.04. The van der Waals surface area contributed by atoms with E-state index in [1.807, 2.05) is 30.3 Å².